The third kappa shape index (κ3) is 7.11. The largest absolute Gasteiger partial charge is 0.493 e. The summed E-state index contributed by atoms with van der Waals surface area (Å²) in [6.07, 6.45) is 1.25. The highest BCUT2D eigenvalue weighted by atomic mass is 35.5. The summed E-state index contributed by atoms with van der Waals surface area (Å²) in [5.41, 5.74) is 1.50. The van der Waals surface area contributed by atoms with Gasteiger partial charge in [-0.05, 0) is 79.3 Å². The molecule has 2 amide bonds. The lowest BCUT2D eigenvalue weighted by molar-refractivity contribution is 0.0880. The molecule has 3 aromatic carbocycles. The average molecular weight is 714 g/mol. The van der Waals surface area contributed by atoms with Crippen LogP contribution in [0.3, 0.4) is 0 Å². The summed E-state index contributed by atoms with van der Waals surface area (Å²) in [7, 11) is -3.09. The molecule has 0 unspecified atom stereocenters. The lowest BCUT2D eigenvalue weighted by atomic mass is 9.71. The van der Waals surface area contributed by atoms with Crippen LogP contribution in [0.25, 0.3) is 0 Å². The van der Waals surface area contributed by atoms with Gasteiger partial charge in [0.2, 0.25) is 0 Å². The van der Waals surface area contributed by atoms with Crippen LogP contribution < -0.4 is 4.74 Å². The Bertz CT molecular complexity index is 1780. The summed E-state index contributed by atoms with van der Waals surface area (Å²) in [6, 6.07) is 21.2. The highest BCUT2D eigenvalue weighted by Gasteiger charge is 2.60. The molecule has 2 aliphatic heterocycles. The highest BCUT2D eigenvalue weighted by molar-refractivity contribution is 7.90. The number of hydrogen-bond donors (Lipinski definition) is 0. The summed E-state index contributed by atoms with van der Waals surface area (Å²) in [5.74, 6) is 1.26. The molecule has 5 rings (SSSR count). The van der Waals surface area contributed by atoms with Gasteiger partial charge in [0.05, 0.1) is 17.9 Å². The third-order valence-corrected chi connectivity index (χ3v) is 11.2. The Balaban J connectivity index is 1.69. The van der Waals surface area contributed by atoms with Gasteiger partial charge in [-0.25, -0.2) is 13.2 Å². The second-order valence-corrected chi connectivity index (χ2v) is 17.2. The van der Waals surface area contributed by atoms with E-state index in [-0.39, 0.29) is 17.2 Å². The minimum atomic E-state index is -3.09. The predicted octanol–water partition coefficient (Wildman–Crippen LogP) is 7.36. The van der Waals surface area contributed by atoms with E-state index in [2.05, 4.69) is 51.7 Å². The van der Waals surface area contributed by atoms with Crippen molar-refractivity contribution >= 4 is 44.9 Å². The van der Waals surface area contributed by atoms with Gasteiger partial charge in [-0.1, -0.05) is 74.3 Å². The van der Waals surface area contributed by atoms with Crippen molar-refractivity contribution in [2.75, 3.05) is 51.3 Å². The van der Waals surface area contributed by atoms with Gasteiger partial charge in [-0.3, -0.25) is 14.8 Å². The number of rotatable bonds is 8. The number of piperazine rings is 1. The smallest absolute Gasteiger partial charge is 0.326 e. The molecule has 0 bridgehead atoms. The fourth-order valence-electron chi connectivity index (χ4n) is 6.61. The summed E-state index contributed by atoms with van der Waals surface area (Å²) >= 11 is 12.8. The number of halogens is 2. The molecular formula is C37H46Cl2N4O4S. The molecule has 0 aliphatic carbocycles. The van der Waals surface area contributed by atoms with Crippen molar-refractivity contribution in [1.29, 1.82) is 0 Å². The van der Waals surface area contributed by atoms with Gasteiger partial charge in [-0.2, -0.15) is 0 Å². The van der Waals surface area contributed by atoms with Crippen molar-refractivity contribution in [2.24, 2.45) is 4.99 Å². The van der Waals surface area contributed by atoms with Crippen molar-refractivity contribution in [2.45, 2.75) is 58.0 Å². The number of aliphatic imine (C=N–C) groups is 1. The maximum Gasteiger partial charge on any atom is 0.326 e. The Morgan fingerprint density at radius 3 is 1.98 bits per heavy atom. The lowest BCUT2D eigenvalue weighted by Gasteiger charge is -2.47. The topological polar surface area (TPSA) is 82.5 Å². The molecule has 2 atom stereocenters. The normalized spacial score (nSPS) is 22.1. The van der Waals surface area contributed by atoms with Crippen LogP contribution in [0.4, 0.5) is 4.79 Å². The highest BCUT2D eigenvalue weighted by Crippen LogP contribution is 2.54. The fraction of sp³-hybridized carbons (Fsp3) is 0.459. The maximum absolute atomic E-state index is 15.1. The molecule has 2 aliphatic rings. The van der Waals surface area contributed by atoms with E-state index in [0.29, 0.717) is 61.0 Å². The first-order chi connectivity index (χ1) is 22.5. The van der Waals surface area contributed by atoms with Gasteiger partial charge in [-0.15, -0.1) is 0 Å². The van der Waals surface area contributed by atoms with Gasteiger partial charge >= 0.3 is 6.03 Å². The zero-order chi connectivity index (χ0) is 35.1. The van der Waals surface area contributed by atoms with Gasteiger partial charge in [0.15, 0.2) is 0 Å². The first-order valence-electron chi connectivity index (χ1n) is 16.4. The van der Waals surface area contributed by atoms with E-state index >= 15 is 4.79 Å². The molecule has 0 N–H and O–H groups in total. The Morgan fingerprint density at radius 2 is 1.46 bits per heavy atom. The number of carbonyl (C=O) groups is 1. The first-order valence-corrected chi connectivity index (χ1v) is 19.2. The van der Waals surface area contributed by atoms with E-state index in [1.807, 2.05) is 71.3 Å². The van der Waals surface area contributed by atoms with Crippen molar-refractivity contribution in [3.8, 4) is 5.75 Å². The van der Waals surface area contributed by atoms with Crippen molar-refractivity contribution < 1.29 is 17.9 Å². The van der Waals surface area contributed by atoms with E-state index in [9.17, 15) is 8.42 Å². The molecule has 8 nitrogen and oxygen atoms in total. The third-order valence-electron chi connectivity index (χ3n) is 9.75. The Hall–Kier alpha value is -3.11. The first kappa shape index (κ1) is 36.2. The van der Waals surface area contributed by atoms with Crippen molar-refractivity contribution in [3.63, 3.8) is 0 Å². The van der Waals surface area contributed by atoms with Crippen LogP contribution in [0.5, 0.6) is 5.75 Å². The standard InChI is InChI=1S/C37H46Cl2N4O4S/c1-8-47-32-25-28(35(2,3)4)13-18-31(32)33-40-36(5,26-9-14-29(38)15-10-26)37(6,27-11-16-30(39)17-12-27)43(33)34(44)42-21-19-41(20-22-42)23-24-48(7,45)46/h9-18,25H,8,19-24H2,1-7H3/t36-,37+/m0/s1. The van der Waals surface area contributed by atoms with Crippen LogP contribution in [-0.4, -0.2) is 86.3 Å². The molecule has 0 saturated carbocycles. The number of ether oxygens (including phenoxy) is 1. The van der Waals surface area contributed by atoms with Crippen LogP contribution in [0, 0.1) is 0 Å². The molecule has 0 radical (unpaired) electrons. The van der Waals surface area contributed by atoms with E-state index in [0.717, 1.165) is 22.3 Å². The Labute approximate surface area is 295 Å². The Kier molecular flexibility index (Phi) is 10.3. The molecule has 2 heterocycles. The van der Waals surface area contributed by atoms with E-state index in [1.54, 1.807) is 0 Å². The molecule has 11 heteroatoms. The van der Waals surface area contributed by atoms with Crippen LogP contribution in [-0.2, 0) is 26.3 Å². The number of hydrogen-bond acceptors (Lipinski definition) is 6. The number of nitrogens with zero attached hydrogens (tertiary/aromatic N) is 4. The van der Waals surface area contributed by atoms with Crippen LogP contribution in [0.2, 0.25) is 10.0 Å². The monoisotopic (exact) mass is 712 g/mol. The number of carbonyl (C=O) groups excluding carboxylic acids is 1. The van der Waals surface area contributed by atoms with Crippen LogP contribution in [0.15, 0.2) is 71.7 Å². The predicted molar refractivity (Wildman–Crippen MR) is 195 cm³/mol. The summed E-state index contributed by atoms with van der Waals surface area (Å²) in [5, 5.41) is 1.20. The molecule has 258 valence electrons. The SMILES string of the molecule is CCOc1cc(C(C)(C)C)ccc1C1=N[C@@](C)(c2ccc(Cl)cc2)[C@@](C)(c2ccc(Cl)cc2)N1C(=O)N1CCN(CCS(C)(=O)=O)CC1. The van der Waals surface area contributed by atoms with Crippen LogP contribution >= 0.6 is 23.2 Å². The molecule has 1 fully saturated rings. The van der Waals surface area contributed by atoms with E-state index in [4.69, 9.17) is 32.9 Å². The average Bonchev–Trinajstić information content (AvgIpc) is 3.27. The van der Waals surface area contributed by atoms with E-state index < -0.39 is 20.9 Å². The number of urea groups is 1. The van der Waals surface area contributed by atoms with Crippen molar-refractivity contribution in [3.05, 3.63) is 99.0 Å². The zero-order valence-electron chi connectivity index (χ0n) is 28.9. The van der Waals surface area contributed by atoms with Gasteiger partial charge in [0, 0.05) is 49.0 Å². The molecule has 48 heavy (non-hydrogen) atoms. The zero-order valence-corrected chi connectivity index (χ0v) is 31.2. The quantitative estimate of drug-likeness (QED) is 0.244. The summed E-state index contributed by atoms with van der Waals surface area (Å²) < 4.78 is 29.9. The molecular weight excluding hydrogens is 667 g/mol. The fourth-order valence-corrected chi connectivity index (χ4v) is 7.46. The molecule has 3 aromatic rings. The summed E-state index contributed by atoms with van der Waals surface area (Å²) in [6.45, 7) is 15.5. The minimum Gasteiger partial charge on any atom is -0.493 e. The van der Waals surface area contributed by atoms with E-state index in [1.165, 1.54) is 6.26 Å². The number of amides is 2. The van der Waals surface area contributed by atoms with Crippen LogP contribution in [0.1, 0.15) is 63.8 Å². The molecule has 0 aromatic heterocycles. The second kappa shape index (κ2) is 13.7. The van der Waals surface area contributed by atoms with Gasteiger partial charge in [0.25, 0.3) is 0 Å². The molecule has 0 spiro atoms. The number of sulfone groups is 1. The lowest BCUT2D eigenvalue weighted by Crippen LogP contribution is -2.60. The Morgan fingerprint density at radius 1 is 0.896 bits per heavy atom. The maximum atomic E-state index is 15.1. The van der Waals surface area contributed by atoms with Gasteiger partial charge < -0.3 is 9.64 Å². The summed E-state index contributed by atoms with van der Waals surface area (Å²) in [4.78, 5) is 26.4. The second-order valence-electron chi connectivity index (χ2n) is 14.1. The number of amidine groups is 1. The van der Waals surface area contributed by atoms with Gasteiger partial charge in [0.1, 0.15) is 32.5 Å². The molecule has 1 saturated heterocycles. The van der Waals surface area contributed by atoms with Crippen molar-refractivity contribution in [1.82, 2.24) is 14.7 Å². The number of benzene rings is 3. The minimum absolute atomic E-state index is 0.0860.